The van der Waals surface area contributed by atoms with Gasteiger partial charge in [0.1, 0.15) is 6.29 Å². The topological polar surface area (TPSA) is 66.5 Å². The number of carbonyl (C=O) groups excluding carboxylic acids is 3. The highest BCUT2D eigenvalue weighted by molar-refractivity contribution is 6.00. The van der Waals surface area contributed by atoms with Gasteiger partial charge in [-0.15, -0.1) is 0 Å². The average molecular weight is 314 g/mol. The first-order valence-corrected chi connectivity index (χ1v) is 8.29. The fourth-order valence-corrected chi connectivity index (χ4v) is 3.49. The molecule has 2 amide bonds. The normalized spacial score (nSPS) is 22.8. The number of piperidine rings is 2. The highest BCUT2D eigenvalue weighted by atomic mass is 16.2. The molecule has 1 atom stereocenters. The number of imide groups is 1. The predicted molar refractivity (Wildman–Crippen MR) is 87.2 cm³/mol. The lowest BCUT2D eigenvalue weighted by atomic mass is 9.90. The average Bonchev–Trinajstić information content (AvgIpc) is 2.56. The Morgan fingerprint density at radius 3 is 2.39 bits per heavy atom. The number of hydrogen-bond acceptors (Lipinski definition) is 4. The molecule has 2 heterocycles. The summed E-state index contributed by atoms with van der Waals surface area (Å²) in [5, 5.41) is 2.41. The molecule has 0 aliphatic carbocycles. The Bertz CT molecular complexity index is 589. The van der Waals surface area contributed by atoms with Crippen LogP contribution in [0, 0.1) is 5.92 Å². The second-order valence-corrected chi connectivity index (χ2v) is 6.43. The van der Waals surface area contributed by atoms with Crippen molar-refractivity contribution in [3.8, 4) is 0 Å². The number of amides is 2. The van der Waals surface area contributed by atoms with E-state index < -0.39 is 0 Å². The first-order valence-electron chi connectivity index (χ1n) is 8.29. The van der Waals surface area contributed by atoms with Gasteiger partial charge in [0.25, 0.3) is 0 Å². The third-order valence-corrected chi connectivity index (χ3v) is 4.94. The van der Waals surface area contributed by atoms with Crippen molar-refractivity contribution in [1.29, 1.82) is 0 Å². The summed E-state index contributed by atoms with van der Waals surface area (Å²) in [5.74, 6) is -0.0729. The molecule has 3 rings (SSSR count). The van der Waals surface area contributed by atoms with Crippen molar-refractivity contribution >= 4 is 23.8 Å². The molecular formula is C18H22N2O3. The fourth-order valence-electron chi connectivity index (χ4n) is 3.49. The van der Waals surface area contributed by atoms with E-state index in [2.05, 4.69) is 22.3 Å². The Labute approximate surface area is 136 Å². The molecule has 1 aromatic rings. The van der Waals surface area contributed by atoms with Gasteiger partial charge in [0.05, 0.1) is 5.92 Å². The van der Waals surface area contributed by atoms with Gasteiger partial charge in [-0.2, -0.15) is 0 Å². The molecule has 0 aromatic heterocycles. The van der Waals surface area contributed by atoms with E-state index in [4.69, 9.17) is 0 Å². The number of benzene rings is 1. The quantitative estimate of drug-likeness (QED) is 0.682. The van der Waals surface area contributed by atoms with Crippen molar-refractivity contribution in [3.63, 3.8) is 0 Å². The zero-order valence-corrected chi connectivity index (χ0v) is 13.2. The van der Waals surface area contributed by atoms with Gasteiger partial charge in [-0.3, -0.25) is 14.9 Å². The molecule has 0 unspecified atom stereocenters. The fraction of sp³-hybridized carbons (Fsp3) is 0.500. The predicted octanol–water partition coefficient (Wildman–Crippen LogP) is 2.01. The molecule has 23 heavy (non-hydrogen) atoms. The van der Waals surface area contributed by atoms with E-state index in [1.807, 2.05) is 12.1 Å². The summed E-state index contributed by atoms with van der Waals surface area (Å²) in [7, 11) is 0. The maximum atomic E-state index is 11.9. The summed E-state index contributed by atoms with van der Waals surface area (Å²) in [6.07, 6.45) is 4.78. The van der Waals surface area contributed by atoms with E-state index in [-0.39, 0.29) is 17.7 Å². The van der Waals surface area contributed by atoms with E-state index in [1.165, 1.54) is 0 Å². The molecule has 0 spiro atoms. The van der Waals surface area contributed by atoms with Crippen molar-refractivity contribution in [2.24, 2.45) is 5.92 Å². The van der Waals surface area contributed by atoms with E-state index in [0.29, 0.717) is 25.2 Å². The number of aldehydes is 1. The van der Waals surface area contributed by atoms with Crippen LogP contribution in [0.1, 0.15) is 43.6 Å². The molecule has 0 bridgehead atoms. The Morgan fingerprint density at radius 1 is 1.09 bits per heavy atom. The summed E-state index contributed by atoms with van der Waals surface area (Å²) in [5.41, 5.74) is 2.13. The SMILES string of the molecule is O=CCC1CCN(c2ccc([C@H]3CCC(=O)NC3=O)cc2)CC1. The van der Waals surface area contributed by atoms with E-state index >= 15 is 0 Å². The van der Waals surface area contributed by atoms with Gasteiger partial charge in [0, 0.05) is 31.6 Å². The Hall–Kier alpha value is -2.17. The lowest BCUT2D eigenvalue weighted by Crippen LogP contribution is -2.39. The van der Waals surface area contributed by atoms with Crippen LogP contribution in [0.5, 0.6) is 0 Å². The summed E-state index contributed by atoms with van der Waals surface area (Å²) in [6.45, 7) is 1.94. The minimum Gasteiger partial charge on any atom is -0.372 e. The summed E-state index contributed by atoms with van der Waals surface area (Å²) < 4.78 is 0. The third-order valence-electron chi connectivity index (χ3n) is 4.94. The first kappa shape index (κ1) is 15.7. The van der Waals surface area contributed by atoms with Crippen LogP contribution in [0.2, 0.25) is 0 Å². The van der Waals surface area contributed by atoms with Gasteiger partial charge in [0.2, 0.25) is 11.8 Å². The highest BCUT2D eigenvalue weighted by Crippen LogP contribution is 2.29. The van der Waals surface area contributed by atoms with Crippen molar-refractivity contribution in [1.82, 2.24) is 5.32 Å². The maximum Gasteiger partial charge on any atom is 0.234 e. The molecule has 0 radical (unpaired) electrons. The number of hydrogen-bond donors (Lipinski definition) is 1. The van der Waals surface area contributed by atoms with Gasteiger partial charge < -0.3 is 9.69 Å². The van der Waals surface area contributed by atoms with Crippen LogP contribution in [0.4, 0.5) is 5.69 Å². The van der Waals surface area contributed by atoms with Gasteiger partial charge >= 0.3 is 0 Å². The summed E-state index contributed by atoms with van der Waals surface area (Å²) >= 11 is 0. The molecular weight excluding hydrogens is 292 g/mol. The second kappa shape index (κ2) is 6.94. The van der Waals surface area contributed by atoms with Crippen molar-refractivity contribution in [3.05, 3.63) is 29.8 Å². The third kappa shape index (κ3) is 3.60. The van der Waals surface area contributed by atoms with E-state index in [0.717, 1.165) is 43.5 Å². The van der Waals surface area contributed by atoms with Gasteiger partial charge in [-0.1, -0.05) is 12.1 Å². The smallest absolute Gasteiger partial charge is 0.234 e. The molecule has 2 fully saturated rings. The molecule has 1 N–H and O–H groups in total. The molecule has 122 valence electrons. The first-order chi connectivity index (χ1) is 11.2. The molecule has 5 heteroatoms. The Kier molecular flexibility index (Phi) is 4.74. The van der Waals surface area contributed by atoms with Crippen LogP contribution >= 0.6 is 0 Å². The summed E-state index contributed by atoms with van der Waals surface area (Å²) in [4.78, 5) is 36.1. The molecule has 2 aliphatic heterocycles. The van der Waals surface area contributed by atoms with Crippen LogP contribution in [-0.4, -0.2) is 31.2 Å². The van der Waals surface area contributed by atoms with Crippen molar-refractivity contribution in [2.75, 3.05) is 18.0 Å². The van der Waals surface area contributed by atoms with Crippen LogP contribution in [0.15, 0.2) is 24.3 Å². The standard InChI is InChI=1S/C18H22N2O3/c21-12-9-13-7-10-20(11-8-13)15-3-1-14(2-4-15)16-5-6-17(22)19-18(16)23/h1-4,12-13,16H,5-11H2,(H,19,22,23)/t16-/m1/s1. The lowest BCUT2D eigenvalue weighted by Gasteiger charge is -2.33. The highest BCUT2D eigenvalue weighted by Gasteiger charge is 2.28. The Balaban J connectivity index is 1.62. The van der Waals surface area contributed by atoms with Crippen molar-refractivity contribution in [2.45, 2.75) is 38.0 Å². The minimum atomic E-state index is -0.222. The number of nitrogens with one attached hydrogen (secondary N) is 1. The number of anilines is 1. The zero-order valence-electron chi connectivity index (χ0n) is 13.2. The number of rotatable bonds is 4. The van der Waals surface area contributed by atoms with Gasteiger partial charge in [-0.25, -0.2) is 0 Å². The molecule has 5 nitrogen and oxygen atoms in total. The Morgan fingerprint density at radius 2 is 1.78 bits per heavy atom. The summed E-state index contributed by atoms with van der Waals surface area (Å²) in [6, 6.07) is 8.10. The van der Waals surface area contributed by atoms with Crippen LogP contribution in [0.3, 0.4) is 0 Å². The molecule has 1 aromatic carbocycles. The minimum absolute atomic E-state index is 0.180. The number of carbonyl (C=O) groups is 3. The molecule has 0 saturated carbocycles. The van der Waals surface area contributed by atoms with Crippen LogP contribution < -0.4 is 10.2 Å². The lowest BCUT2D eigenvalue weighted by molar-refractivity contribution is -0.134. The molecule has 2 aliphatic rings. The van der Waals surface area contributed by atoms with Gasteiger partial charge in [-0.05, 0) is 42.9 Å². The number of nitrogens with zero attached hydrogens (tertiary/aromatic N) is 1. The van der Waals surface area contributed by atoms with Crippen molar-refractivity contribution < 1.29 is 14.4 Å². The van der Waals surface area contributed by atoms with E-state index in [9.17, 15) is 14.4 Å². The largest absolute Gasteiger partial charge is 0.372 e. The molecule has 2 saturated heterocycles. The maximum absolute atomic E-state index is 11.9. The second-order valence-electron chi connectivity index (χ2n) is 6.43. The monoisotopic (exact) mass is 314 g/mol. The van der Waals surface area contributed by atoms with Gasteiger partial charge in [0.15, 0.2) is 0 Å². The van der Waals surface area contributed by atoms with E-state index in [1.54, 1.807) is 0 Å². The van der Waals surface area contributed by atoms with Crippen LogP contribution in [0.25, 0.3) is 0 Å². The zero-order chi connectivity index (χ0) is 16.2. The van der Waals surface area contributed by atoms with Crippen LogP contribution in [-0.2, 0) is 14.4 Å².